The van der Waals surface area contributed by atoms with Crippen LogP contribution in [0.1, 0.15) is 12.6 Å². The minimum absolute atomic E-state index is 0.607. The standard InChI is InChI=1S/C17H21N3O2/c1-3-22-17-16(20-7-9-21-10-8-20)11-14(12-19-17)15-5-4-6-18-13(15)2/h4-6,11-12H,3,7-10H2,1-2H3. The maximum atomic E-state index is 5.70. The van der Waals surface area contributed by atoms with Crippen molar-refractivity contribution < 1.29 is 9.47 Å². The van der Waals surface area contributed by atoms with Crippen LogP contribution in [-0.2, 0) is 4.74 Å². The van der Waals surface area contributed by atoms with E-state index in [0.29, 0.717) is 12.5 Å². The highest BCUT2D eigenvalue weighted by Gasteiger charge is 2.18. The SMILES string of the molecule is CCOc1ncc(-c2cccnc2C)cc1N1CCOCC1. The second-order valence-electron chi connectivity index (χ2n) is 5.22. The van der Waals surface area contributed by atoms with Crippen LogP contribution >= 0.6 is 0 Å². The highest BCUT2D eigenvalue weighted by atomic mass is 16.5. The molecular formula is C17H21N3O2. The Labute approximate surface area is 130 Å². The number of rotatable bonds is 4. The van der Waals surface area contributed by atoms with E-state index in [9.17, 15) is 0 Å². The van der Waals surface area contributed by atoms with Crippen molar-refractivity contribution in [2.45, 2.75) is 13.8 Å². The number of nitrogens with zero attached hydrogens (tertiary/aromatic N) is 3. The van der Waals surface area contributed by atoms with Gasteiger partial charge in [0, 0.05) is 42.3 Å². The average molecular weight is 299 g/mol. The number of pyridine rings is 2. The monoisotopic (exact) mass is 299 g/mol. The second-order valence-corrected chi connectivity index (χ2v) is 5.22. The van der Waals surface area contributed by atoms with Gasteiger partial charge in [0.25, 0.3) is 0 Å². The van der Waals surface area contributed by atoms with Gasteiger partial charge in [0.1, 0.15) is 5.69 Å². The summed E-state index contributed by atoms with van der Waals surface area (Å²) < 4.78 is 11.1. The Balaban J connectivity index is 2.01. The zero-order valence-electron chi connectivity index (χ0n) is 13.1. The van der Waals surface area contributed by atoms with Gasteiger partial charge in [-0.05, 0) is 26.0 Å². The van der Waals surface area contributed by atoms with Crippen molar-refractivity contribution in [3.05, 3.63) is 36.3 Å². The number of anilines is 1. The van der Waals surface area contributed by atoms with E-state index in [-0.39, 0.29) is 0 Å². The lowest BCUT2D eigenvalue weighted by molar-refractivity contribution is 0.122. The van der Waals surface area contributed by atoms with Gasteiger partial charge in [-0.3, -0.25) is 4.98 Å². The average Bonchev–Trinajstić information content (AvgIpc) is 2.57. The molecule has 0 radical (unpaired) electrons. The molecule has 1 fully saturated rings. The zero-order valence-corrected chi connectivity index (χ0v) is 13.1. The summed E-state index contributed by atoms with van der Waals surface area (Å²) in [4.78, 5) is 11.2. The highest BCUT2D eigenvalue weighted by Crippen LogP contribution is 2.32. The molecule has 1 saturated heterocycles. The first-order valence-electron chi connectivity index (χ1n) is 7.67. The van der Waals surface area contributed by atoms with Gasteiger partial charge in [0.05, 0.1) is 19.8 Å². The molecule has 2 aromatic heterocycles. The van der Waals surface area contributed by atoms with Crippen molar-refractivity contribution in [3.8, 4) is 17.0 Å². The molecule has 5 nitrogen and oxygen atoms in total. The minimum atomic E-state index is 0.607. The van der Waals surface area contributed by atoms with E-state index in [1.165, 1.54) is 0 Å². The molecule has 5 heteroatoms. The quantitative estimate of drug-likeness (QED) is 0.868. The molecule has 1 aliphatic rings. The largest absolute Gasteiger partial charge is 0.476 e. The number of morpholine rings is 1. The van der Waals surface area contributed by atoms with Crippen LogP contribution in [0.5, 0.6) is 5.88 Å². The molecule has 0 saturated carbocycles. The van der Waals surface area contributed by atoms with Crippen LogP contribution < -0.4 is 9.64 Å². The van der Waals surface area contributed by atoms with E-state index in [1.807, 2.05) is 32.3 Å². The number of aryl methyl sites for hydroxylation is 1. The summed E-state index contributed by atoms with van der Waals surface area (Å²) >= 11 is 0. The van der Waals surface area contributed by atoms with Gasteiger partial charge in [-0.1, -0.05) is 6.07 Å². The number of aromatic nitrogens is 2. The molecule has 0 aromatic carbocycles. The van der Waals surface area contributed by atoms with Crippen LogP contribution in [0, 0.1) is 6.92 Å². The lowest BCUT2D eigenvalue weighted by atomic mass is 10.1. The molecule has 3 heterocycles. The summed E-state index contributed by atoms with van der Waals surface area (Å²) in [6.07, 6.45) is 3.67. The van der Waals surface area contributed by atoms with Gasteiger partial charge < -0.3 is 14.4 Å². The highest BCUT2D eigenvalue weighted by molar-refractivity contribution is 5.71. The lowest BCUT2D eigenvalue weighted by Gasteiger charge is -2.30. The van der Waals surface area contributed by atoms with Crippen molar-refractivity contribution in [1.29, 1.82) is 0 Å². The third kappa shape index (κ3) is 3.04. The van der Waals surface area contributed by atoms with E-state index >= 15 is 0 Å². The molecule has 3 rings (SSSR count). The third-order valence-electron chi connectivity index (χ3n) is 3.78. The molecule has 0 bridgehead atoms. The van der Waals surface area contributed by atoms with Gasteiger partial charge in [0.15, 0.2) is 0 Å². The first-order chi connectivity index (χ1) is 10.8. The summed E-state index contributed by atoms with van der Waals surface area (Å²) in [5.74, 6) is 0.690. The predicted molar refractivity (Wildman–Crippen MR) is 86.4 cm³/mol. The Bertz CT molecular complexity index is 640. The fraction of sp³-hybridized carbons (Fsp3) is 0.412. The van der Waals surface area contributed by atoms with Crippen LogP contribution in [0.3, 0.4) is 0 Å². The van der Waals surface area contributed by atoms with Crippen LogP contribution in [0.2, 0.25) is 0 Å². The van der Waals surface area contributed by atoms with Crippen molar-refractivity contribution in [2.75, 3.05) is 37.8 Å². The molecule has 0 aliphatic carbocycles. The Kier molecular flexibility index (Phi) is 4.53. The Hall–Kier alpha value is -2.14. The Morgan fingerprint density at radius 1 is 1.27 bits per heavy atom. The van der Waals surface area contributed by atoms with Crippen LogP contribution in [0.15, 0.2) is 30.6 Å². The Morgan fingerprint density at radius 2 is 2.09 bits per heavy atom. The van der Waals surface area contributed by atoms with E-state index < -0.39 is 0 Å². The fourth-order valence-corrected chi connectivity index (χ4v) is 2.66. The molecule has 1 aliphatic heterocycles. The van der Waals surface area contributed by atoms with Gasteiger partial charge >= 0.3 is 0 Å². The lowest BCUT2D eigenvalue weighted by Crippen LogP contribution is -2.36. The van der Waals surface area contributed by atoms with Crippen molar-refractivity contribution in [2.24, 2.45) is 0 Å². The molecule has 0 spiro atoms. The molecule has 0 atom stereocenters. The normalized spacial score (nSPS) is 14.9. The van der Waals surface area contributed by atoms with E-state index in [4.69, 9.17) is 9.47 Å². The fourth-order valence-electron chi connectivity index (χ4n) is 2.66. The predicted octanol–water partition coefficient (Wildman–Crippen LogP) is 2.69. The third-order valence-corrected chi connectivity index (χ3v) is 3.78. The molecule has 116 valence electrons. The number of ether oxygens (including phenoxy) is 2. The van der Waals surface area contributed by atoms with Gasteiger partial charge in [-0.2, -0.15) is 0 Å². The summed E-state index contributed by atoms with van der Waals surface area (Å²) in [7, 11) is 0. The zero-order chi connectivity index (χ0) is 15.4. The molecule has 0 amide bonds. The summed E-state index contributed by atoms with van der Waals surface area (Å²) in [5.41, 5.74) is 4.20. The molecular weight excluding hydrogens is 278 g/mol. The topological polar surface area (TPSA) is 47.5 Å². The molecule has 0 N–H and O–H groups in total. The first kappa shape index (κ1) is 14.8. The van der Waals surface area contributed by atoms with Gasteiger partial charge in [-0.15, -0.1) is 0 Å². The van der Waals surface area contributed by atoms with Crippen molar-refractivity contribution >= 4 is 5.69 Å². The van der Waals surface area contributed by atoms with Crippen molar-refractivity contribution in [3.63, 3.8) is 0 Å². The number of hydrogen-bond donors (Lipinski definition) is 0. The van der Waals surface area contributed by atoms with Gasteiger partial charge in [0.2, 0.25) is 5.88 Å². The summed E-state index contributed by atoms with van der Waals surface area (Å²) in [6.45, 7) is 7.79. The second kappa shape index (κ2) is 6.75. The number of hydrogen-bond acceptors (Lipinski definition) is 5. The molecule has 22 heavy (non-hydrogen) atoms. The van der Waals surface area contributed by atoms with Crippen LogP contribution in [-0.4, -0.2) is 42.9 Å². The Morgan fingerprint density at radius 3 is 2.82 bits per heavy atom. The van der Waals surface area contributed by atoms with Crippen LogP contribution in [0.25, 0.3) is 11.1 Å². The van der Waals surface area contributed by atoms with E-state index in [2.05, 4.69) is 27.0 Å². The first-order valence-corrected chi connectivity index (χ1v) is 7.67. The maximum absolute atomic E-state index is 5.70. The maximum Gasteiger partial charge on any atom is 0.237 e. The van der Waals surface area contributed by atoms with Crippen LogP contribution in [0.4, 0.5) is 5.69 Å². The summed E-state index contributed by atoms with van der Waals surface area (Å²) in [6, 6.07) is 6.17. The van der Waals surface area contributed by atoms with Gasteiger partial charge in [-0.25, -0.2) is 4.98 Å². The molecule has 0 unspecified atom stereocenters. The summed E-state index contributed by atoms with van der Waals surface area (Å²) in [5, 5.41) is 0. The minimum Gasteiger partial charge on any atom is -0.476 e. The van der Waals surface area contributed by atoms with E-state index in [0.717, 1.165) is 48.8 Å². The van der Waals surface area contributed by atoms with Crippen molar-refractivity contribution in [1.82, 2.24) is 9.97 Å². The molecule has 2 aromatic rings. The smallest absolute Gasteiger partial charge is 0.237 e. The van der Waals surface area contributed by atoms with E-state index in [1.54, 1.807) is 0 Å².